The molecule has 5 heteroatoms. The monoisotopic (exact) mass is 322 g/mol. The highest BCUT2D eigenvalue weighted by molar-refractivity contribution is 5.92. The van der Waals surface area contributed by atoms with E-state index >= 15 is 0 Å². The van der Waals surface area contributed by atoms with Gasteiger partial charge in [-0.2, -0.15) is 0 Å². The second-order valence-electron chi connectivity index (χ2n) is 5.96. The lowest BCUT2D eigenvalue weighted by Crippen LogP contribution is -2.14. The van der Waals surface area contributed by atoms with Crippen LogP contribution in [0.3, 0.4) is 0 Å². The van der Waals surface area contributed by atoms with Crippen LogP contribution in [0.25, 0.3) is 0 Å². The van der Waals surface area contributed by atoms with Crippen LogP contribution in [0.4, 0.5) is 0 Å². The van der Waals surface area contributed by atoms with Crippen LogP contribution in [0.5, 0.6) is 11.5 Å². The van der Waals surface area contributed by atoms with Crippen LogP contribution in [0.2, 0.25) is 0 Å². The van der Waals surface area contributed by atoms with Crippen molar-refractivity contribution in [2.24, 2.45) is 5.92 Å². The molecule has 1 saturated heterocycles. The van der Waals surface area contributed by atoms with E-state index < -0.39 is 5.97 Å². The molecule has 5 nitrogen and oxygen atoms in total. The van der Waals surface area contributed by atoms with Gasteiger partial charge in [0, 0.05) is 6.07 Å². The van der Waals surface area contributed by atoms with Crippen molar-refractivity contribution in [3.05, 3.63) is 23.8 Å². The van der Waals surface area contributed by atoms with Gasteiger partial charge < -0.3 is 19.3 Å². The summed E-state index contributed by atoms with van der Waals surface area (Å²) in [6.07, 6.45) is 4.46. The Bertz CT molecular complexity index is 510. The standard InChI is InChI=1S/C18H26O5/c1-3-5-6-13(4-2)10-23-18(20)16-8-7-14(9-17(16)19)21-11-15-12-22-15/h7-9,13,15,19H,3-6,10-12H2,1-2H3. The molecule has 1 aliphatic rings. The minimum absolute atomic E-state index is 0.120. The van der Waals surface area contributed by atoms with Gasteiger partial charge in [-0.25, -0.2) is 4.79 Å². The Morgan fingerprint density at radius 2 is 2.22 bits per heavy atom. The molecule has 0 saturated carbocycles. The summed E-state index contributed by atoms with van der Waals surface area (Å²) < 4.78 is 15.9. The van der Waals surface area contributed by atoms with Gasteiger partial charge in [-0.05, 0) is 24.5 Å². The minimum atomic E-state index is -0.491. The zero-order valence-electron chi connectivity index (χ0n) is 13.9. The number of phenols is 1. The highest BCUT2D eigenvalue weighted by Gasteiger charge is 2.23. The van der Waals surface area contributed by atoms with Crippen molar-refractivity contribution in [3.8, 4) is 11.5 Å². The van der Waals surface area contributed by atoms with Gasteiger partial charge in [0.25, 0.3) is 0 Å². The number of carbonyl (C=O) groups is 1. The quantitative estimate of drug-likeness (QED) is 0.527. The largest absolute Gasteiger partial charge is 0.507 e. The molecule has 2 unspecified atom stereocenters. The van der Waals surface area contributed by atoms with Gasteiger partial charge in [0.2, 0.25) is 0 Å². The summed E-state index contributed by atoms with van der Waals surface area (Å²) in [6.45, 7) is 5.81. The second kappa shape index (κ2) is 8.77. The van der Waals surface area contributed by atoms with E-state index in [9.17, 15) is 9.90 Å². The molecule has 0 aliphatic carbocycles. The summed E-state index contributed by atoms with van der Waals surface area (Å²) in [5, 5.41) is 9.99. The van der Waals surface area contributed by atoms with E-state index in [2.05, 4.69) is 13.8 Å². The molecule has 1 aliphatic heterocycles. The van der Waals surface area contributed by atoms with Gasteiger partial charge in [0.05, 0.1) is 13.2 Å². The second-order valence-corrected chi connectivity index (χ2v) is 5.96. The average molecular weight is 322 g/mol. The number of esters is 1. The van der Waals surface area contributed by atoms with Gasteiger partial charge in [-0.3, -0.25) is 0 Å². The van der Waals surface area contributed by atoms with Crippen molar-refractivity contribution >= 4 is 5.97 Å². The lowest BCUT2D eigenvalue weighted by molar-refractivity contribution is 0.0425. The third-order valence-corrected chi connectivity index (χ3v) is 4.02. The lowest BCUT2D eigenvalue weighted by Gasteiger charge is -2.15. The van der Waals surface area contributed by atoms with Crippen LogP contribution >= 0.6 is 0 Å². The van der Waals surface area contributed by atoms with Crippen molar-refractivity contribution in [2.45, 2.75) is 45.6 Å². The third-order valence-electron chi connectivity index (χ3n) is 4.02. The first-order chi connectivity index (χ1) is 11.1. The maximum atomic E-state index is 12.1. The van der Waals surface area contributed by atoms with Crippen molar-refractivity contribution < 1.29 is 24.1 Å². The maximum Gasteiger partial charge on any atom is 0.341 e. The van der Waals surface area contributed by atoms with E-state index in [1.165, 1.54) is 12.1 Å². The number of hydrogen-bond donors (Lipinski definition) is 1. The van der Waals surface area contributed by atoms with E-state index in [4.69, 9.17) is 14.2 Å². The van der Waals surface area contributed by atoms with Crippen molar-refractivity contribution in [1.82, 2.24) is 0 Å². The molecule has 1 N–H and O–H groups in total. The molecule has 1 heterocycles. The van der Waals surface area contributed by atoms with Gasteiger partial charge in [0.15, 0.2) is 0 Å². The summed E-state index contributed by atoms with van der Waals surface area (Å²) in [5.74, 6) is 0.284. The number of aromatic hydroxyl groups is 1. The number of ether oxygens (including phenoxy) is 3. The summed E-state index contributed by atoms with van der Waals surface area (Å²) in [5.41, 5.74) is 0.172. The van der Waals surface area contributed by atoms with Gasteiger partial charge in [-0.15, -0.1) is 0 Å². The van der Waals surface area contributed by atoms with E-state index in [0.717, 1.165) is 25.7 Å². The van der Waals surface area contributed by atoms with Crippen molar-refractivity contribution in [1.29, 1.82) is 0 Å². The van der Waals surface area contributed by atoms with Crippen LogP contribution < -0.4 is 4.74 Å². The molecule has 23 heavy (non-hydrogen) atoms. The number of unbranched alkanes of at least 4 members (excludes halogenated alkanes) is 1. The van der Waals surface area contributed by atoms with Crippen LogP contribution in [-0.2, 0) is 9.47 Å². The number of phenolic OH excluding ortho intramolecular Hbond substituents is 1. The third kappa shape index (κ3) is 5.75. The molecular weight excluding hydrogens is 296 g/mol. The Labute approximate surface area is 137 Å². The Balaban J connectivity index is 1.85. The predicted octanol–water partition coefficient (Wildman–Crippen LogP) is 3.54. The zero-order valence-corrected chi connectivity index (χ0v) is 13.9. The Hall–Kier alpha value is -1.75. The minimum Gasteiger partial charge on any atom is -0.507 e. The molecule has 128 valence electrons. The van der Waals surface area contributed by atoms with E-state index in [-0.39, 0.29) is 17.4 Å². The number of hydrogen-bond acceptors (Lipinski definition) is 5. The molecule has 0 amide bonds. The molecule has 0 aromatic heterocycles. The predicted molar refractivity (Wildman–Crippen MR) is 86.9 cm³/mol. The fourth-order valence-electron chi connectivity index (χ4n) is 2.30. The van der Waals surface area contributed by atoms with Crippen LogP contribution in [0, 0.1) is 5.92 Å². The normalized spacial score (nSPS) is 17.6. The molecule has 0 bridgehead atoms. The summed E-state index contributed by atoms with van der Waals surface area (Å²) in [6, 6.07) is 4.63. The number of epoxide rings is 1. The van der Waals surface area contributed by atoms with Crippen molar-refractivity contribution in [3.63, 3.8) is 0 Å². The van der Waals surface area contributed by atoms with Crippen LogP contribution in [-0.4, -0.2) is 37.0 Å². The average Bonchev–Trinajstić information content (AvgIpc) is 3.37. The fourth-order valence-corrected chi connectivity index (χ4v) is 2.30. The SMILES string of the molecule is CCCCC(CC)COC(=O)c1ccc(OCC2CO2)cc1O. The molecule has 1 fully saturated rings. The Morgan fingerprint density at radius 1 is 1.43 bits per heavy atom. The molecular formula is C18H26O5. The summed E-state index contributed by atoms with van der Waals surface area (Å²) in [7, 11) is 0. The molecule has 1 aromatic carbocycles. The zero-order chi connectivity index (χ0) is 16.7. The Kier molecular flexibility index (Phi) is 6.71. The van der Waals surface area contributed by atoms with E-state index in [1.807, 2.05) is 0 Å². The fraction of sp³-hybridized carbons (Fsp3) is 0.611. The van der Waals surface area contributed by atoms with Gasteiger partial charge in [-0.1, -0.05) is 33.1 Å². The highest BCUT2D eigenvalue weighted by atomic mass is 16.6. The highest BCUT2D eigenvalue weighted by Crippen LogP contribution is 2.25. The number of benzene rings is 1. The summed E-state index contributed by atoms with van der Waals surface area (Å²) in [4.78, 5) is 12.1. The first-order valence-corrected chi connectivity index (χ1v) is 8.38. The van der Waals surface area contributed by atoms with Gasteiger partial charge >= 0.3 is 5.97 Å². The topological polar surface area (TPSA) is 68.3 Å². The number of carbonyl (C=O) groups excluding carboxylic acids is 1. The Morgan fingerprint density at radius 3 is 2.83 bits per heavy atom. The molecule has 1 aromatic rings. The molecule has 2 rings (SSSR count). The maximum absolute atomic E-state index is 12.1. The van der Waals surface area contributed by atoms with Gasteiger partial charge in [0.1, 0.15) is 29.8 Å². The van der Waals surface area contributed by atoms with Crippen LogP contribution in [0.15, 0.2) is 18.2 Å². The first-order valence-electron chi connectivity index (χ1n) is 8.38. The first kappa shape index (κ1) is 17.6. The van der Waals surface area contributed by atoms with Crippen LogP contribution in [0.1, 0.15) is 49.9 Å². The smallest absolute Gasteiger partial charge is 0.341 e. The molecule has 0 spiro atoms. The van der Waals surface area contributed by atoms with Crippen molar-refractivity contribution in [2.75, 3.05) is 19.8 Å². The van der Waals surface area contributed by atoms with E-state index in [0.29, 0.717) is 31.5 Å². The van der Waals surface area contributed by atoms with E-state index in [1.54, 1.807) is 6.07 Å². The number of rotatable bonds is 10. The molecule has 0 radical (unpaired) electrons. The molecule has 2 atom stereocenters. The summed E-state index contributed by atoms with van der Waals surface area (Å²) >= 11 is 0. The lowest BCUT2D eigenvalue weighted by atomic mass is 10.0.